The molecule has 1 aromatic carbocycles. The van der Waals surface area contributed by atoms with Gasteiger partial charge >= 0.3 is 0 Å². The van der Waals surface area contributed by atoms with Crippen LogP contribution in [0.5, 0.6) is 0 Å². The van der Waals surface area contributed by atoms with Crippen LogP contribution in [0.15, 0.2) is 29.2 Å². The third-order valence-electron chi connectivity index (χ3n) is 3.15. The van der Waals surface area contributed by atoms with Gasteiger partial charge in [-0.1, -0.05) is 11.6 Å². The molecule has 0 radical (unpaired) electrons. The lowest BCUT2D eigenvalue weighted by atomic mass is 10.2. The Bertz CT molecular complexity index is 441. The second-order valence-electron chi connectivity index (χ2n) is 4.65. The highest BCUT2D eigenvalue weighted by atomic mass is 35.5. The third-order valence-corrected chi connectivity index (χ3v) is 4.41. The highest BCUT2D eigenvalue weighted by Crippen LogP contribution is 2.20. The lowest BCUT2D eigenvalue weighted by molar-refractivity contribution is -0.131. The summed E-state index contributed by atoms with van der Waals surface area (Å²) in [7, 11) is 0. The zero-order chi connectivity index (χ0) is 14.4. The monoisotopic (exact) mass is 314 g/mol. The zero-order valence-corrected chi connectivity index (χ0v) is 12.8. The summed E-state index contributed by atoms with van der Waals surface area (Å²) >= 11 is 7.51. The van der Waals surface area contributed by atoms with Crippen molar-refractivity contribution in [2.75, 3.05) is 18.8 Å². The molecule has 1 heterocycles. The predicted molar refractivity (Wildman–Crippen MR) is 82.1 cm³/mol. The average Bonchev–Trinajstić information content (AvgIpc) is 2.94. The van der Waals surface area contributed by atoms with Crippen LogP contribution in [0.1, 0.15) is 12.8 Å². The van der Waals surface area contributed by atoms with Crippen molar-refractivity contribution in [3.05, 3.63) is 29.3 Å². The number of carbonyl (C=O) groups is 1. The Morgan fingerprint density at radius 2 is 2.15 bits per heavy atom. The summed E-state index contributed by atoms with van der Waals surface area (Å²) in [5.41, 5.74) is 5.52. The molecule has 1 aliphatic rings. The Hall–Kier alpha value is -0.750. The van der Waals surface area contributed by atoms with Crippen molar-refractivity contribution < 1.29 is 9.53 Å². The van der Waals surface area contributed by atoms with Crippen molar-refractivity contribution >= 4 is 29.3 Å². The maximum Gasteiger partial charge on any atom is 0.249 e. The lowest BCUT2D eigenvalue weighted by Gasteiger charge is -2.12. The quantitative estimate of drug-likeness (QED) is 0.623. The van der Waals surface area contributed by atoms with Crippen molar-refractivity contribution in [3.63, 3.8) is 0 Å². The van der Waals surface area contributed by atoms with Gasteiger partial charge in [-0.15, -0.1) is 11.8 Å². The summed E-state index contributed by atoms with van der Waals surface area (Å²) in [5.74, 6) is 0.790. The van der Waals surface area contributed by atoms with Crippen LogP contribution in [0.3, 0.4) is 0 Å². The first-order valence-electron chi connectivity index (χ1n) is 6.70. The molecule has 1 aromatic rings. The fraction of sp³-hybridized carbons (Fsp3) is 0.500. The number of amides is 1. The van der Waals surface area contributed by atoms with E-state index in [1.165, 1.54) is 0 Å². The summed E-state index contributed by atoms with van der Waals surface area (Å²) in [6, 6.07) is 7.67. The maximum atomic E-state index is 11.9. The lowest BCUT2D eigenvalue weighted by Crippen LogP contribution is -2.36. The van der Waals surface area contributed by atoms with E-state index in [1.807, 2.05) is 24.3 Å². The first-order valence-corrected chi connectivity index (χ1v) is 8.07. The van der Waals surface area contributed by atoms with E-state index >= 15 is 0 Å². The van der Waals surface area contributed by atoms with Gasteiger partial charge in [-0.05, 0) is 37.1 Å². The van der Waals surface area contributed by atoms with Gasteiger partial charge in [0.2, 0.25) is 5.91 Å². The number of nitrogens with one attached hydrogen (secondary N) is 1. The van der Waals surface area contributed by atoms with E-state index in [-0.39, 0.29) is 18.1 Å². The topological polar surface area (TPSA) is 64.4 Å². The fourth-order valence-corrected chi connectivity index (χ4v) is 2.95. The van der Waals surface area contributed by atoms with Crippen LogP contribution in [-0.2, 0) is 9.53 Å². The number of halogens is 1. The molecule has 3 N–H and O–H groups in total. The molecular weight excluding hydrogens is 296 g/mol. The SMILES string of the molecule is NC[C@H]1CC[C@@H](C(=O)NCCSc2ccc(Cl)cc2)O1. The van der Waals surface area contributed by atoms with Crippen molar-refractivity contribution in [2.24, 2.45) is 5.73 Å². The smallest absolute Gasteiger partial charge is 0.249 e. The van der Waals surface area contributed by atoms with Gasteiger partial charge in [-0.2, -0.15) is 0 Å². The Kier molecular flexibility index (Phi) is 6.16. The molecule has 2 atom stereocenters. The van der Waals surface area contributed by atoms with Crippen LogP contribution >= 0.6 is 23.4 Å². The van der Waals surface area contributed by atoms with Gasteiger partial charge in [0, 0.05) is 28.8 Å². The largest absolute Gasteiger partial charge is 0.364 e. The van der Waals surface area contributed by atoms with Gasteiger partial charge in [-0.25, -0.2) is 0 Å². The van der Waals surface area contributed by atoms with E-state index in [0.29, 0.717) is 13.1 Å². The van der Waals surface area contributed by atoms with E-state index in [9.17, 15) is 4.79 Å². The van der Waals surface area contributed by atoms with Gasteiger partial charge < -0.3 is 15.8 Å². The molecule has 0 unspecified atom stereocenters. The Balaban J connectivity index is 1.63. The van der Waals surface area contributed by atoms with E-state index in [0.717, 1.165) is 28.5 Å². The molecule has 4 nitrogen and oxygen atoms in total. The number of ether oxygens (including phenoxy) is 1. The molecule has 1 aliphatic heterocycles. The molecule has 2 rings (SSSR count). The predicted octanol–water partition coefficient (Wildman–Crippen LogP) is 2.05. The molecular formula is C14H19ClN2O2S. The van der Waals surface area contributed by atoms with Gasteiger partial charge in [-0.3, -0.25) is 4.79 Å². The molecule has 0 aromatic heterocycles. The van der Waals surface area contributed by atoms with Crippen molar-refractivity contribution in [1.29, 1.82) is 0 Å². The first-order chi connectivity index (χ1) is 9.69. The van der Waals surface area contributed by atoms with E-state index < -0.39 is 0 Å². The number of hydrogen-bond acceptors (Lipinski definition) is 4. The van der Waals surface area contributed by atoms with E-state index in [1.54, 1.807) is 11.8 Å². The molecule has 1 amide bonds. The Morgan fingerprint density at radius 3 is 2.80 bits per heavy atom. The van der Waals surface area contributed by atoms with Crippen LogP contribution in [-0.4, -0.2) is 37.0 Å². The van der Waals surface area contributed by atoms with E-state index in [2.05, 4.69) is 5.32 Å². The fourth-order valence-electron chi connectivity index (χ4n) is 2.06. The molecule has 20 heavy (non-hydrogen) atoms. The van der Waals surface area contributed by atoms with Gasteiger partial charge in [0.25, 0.3) is 0 Å². The molecule has 1 fully saturated rings. The number of rotatable bonds is 6. The summed E-state index contributed by atoms with van der Waals surface area (Å²) in [6.07, 6.45) is 1.34. The highest BCUT2D eigenvalue weighted by Gasteiger charge is 2.29. The van der Waals surface area contributed by atoms with Gasteiger partial charge in [0.15, 0.2) is 0 Å². The summed E-state index contributed by atoms with van der Waals surface area (Å²) in [5, 5.41) is 3.63. The molecule has 0 spiro atoms. The Morgan fingerprint density at radius 1 is 1.40 bits per heavy atom. The second kappa shape index (κ2) is 7.88. The van der Waals surface area contributed by atoms with Crippen LogP contribution in [0.4, 0.5) is 0 Å². The molecule has 1 saturated heterocycles. The highest BCUT2D eigenvalue weighted by molar-refractivity contribution is 7.99. The molecule has 0 bridgehead atoms. The van der Waals surface area contributed by atoms with Gasteiger partial charge in [0.1, 0.15) is 6.10 Å². The van der Waals surface area contributed by atoms with Crippen LogP contribution in [0.25, 0.3) is 0 Å². The minimum atomic E-state index is -0.330. The number of carbonyl (C=O) groups excluding carboxylic acids is 1. The second-order valence-corrected chi connectivity index (χ2v) is 6.26. The maximum absolute atomic E-state index is 11.9. The minimum absolute atomic E-state index is 0.0299. The van der Waals surface area contributed by atoms with Crippen LogP contribution < -0.4 is 11.1 Å². The molecule has 110 valence electrons. The molecule has 0 aliphatic carbocycles. The third kappa shape index (κ3) is 4.66. The molecule has 0 saturated carbocycles. The summed E-state index contributed by atoms with van der Waals surface area (Å²) in [4.78, 5) is 13.0. The number of hydrogen-bond donors (Lipinski definition) is 2. The number of thioether (sulfide) groups is 1. The average molecular weight is 315 g/mol. The summed E-state index contributed by atoms with van der Waals surface area (Å²) < 4.78 is 5.54. The minimum Gasteiger partial charge on any atom is -0.364 e. The summed E-state index contributed by atoms with van der Waals surface area (Å²) in [6.45, 7) is 1.11. The Labute approximate surface area is 128 Å². The van der Waals surface area contributed by atoms with Crippen molar-refractivity contribution in [1.82, 2.24) is 5.32 Å². The standard InChI is InChI=1S/C14H19ClN2O2S/c15-10-1-4-12(5-2-10)20-8-7-17-14(18)13-6-3-11(9-16)19-13/h1-2,4-5,11,13H,3,6-9,16H2,(H,17,18)/t11-,13+/m1/s1. The normalized spacial score (nSPS) is 21.9. The zero-order valence-electron chi connectivity index (χ0n) is 11.2. The number of nitrogens with two attached hydrogens (primary N) is 1. The number of benzene rings is 1. The van der Waals surface area contributed by atoms with Crippen LogP contribution in [0.2, 0.25) is 5.02 Å². The van der Waals surface area contributed by atoms with Crippen molar-refractivity contribution in [3.8, 4) is 0 Å². The van der Waals surface area contributed by atoms with Gasteiger partial charge in [0.05, 0.1) is 6.10 Å². The van der Waals surface area contributed by atoms with Crippen molar-refractivity contribution in [2.45, 2.75) is 29.9 Å². The first kappa shape index (κ1) is 15.6. The van der Waals surface area contributed by atoms with Crippen LogP contribution in [0, 0.1) is 0 Å². The molecule has 6 heteroatoms. The van der Waals surface area contributed by atoms with E-state index in [4.69, 9.17) is 22.1 Å².